The summed E-state index contributed by atoms with van der Waals surface area (Å²) in [5.74, 6) is -0.853. The van der Waals surface area contributed by atoms with Gasteiger partial charge in [0.25, 0.3) is 5.91 Å². The van der Waals surface area contributed by atoms with Crippen LogP contribution in [-0.4, -0.2) is 37.8 Å². The van der Waals surface area contributed by atoms with Crippen molar-refractivity contribution in [2.24, 2.45) is 0 Å². The highest BCUT2D eigenvalue weighted by Crippen LogP contribution is 2.22. The van der Waals surface area contributed by atoms with Gasteiger partial charge in [0.15, 0.2) is 11.6 Å². The van der Waals surface area contributed by atoms with Gasteiger partial charge in [-0.2, -0.15) is 10.1 Å². The second-order valence-electron chi connectivity index (χ2n) is 6.17. The van der Waals surface area contributed by atoms with E-state index >= 15 is 0 Å². The smallest absolute Gasteiger partial charge is 0.257 e. The van der Waals surface area contributed by atoms with Crippen LogP contribution in [0.2, 0.25) is 0 Å². The summed E-state index contributed by atoms with van der Waals surface area (Å²) in [7, 11) is 1.60. The van der Waals surface area contributed by atoms with Crippen LogP contribution in [0.5, 0.6) is 0 Å². The maximum Gasteiger partial charge on any atom is 0.257 e. The van der Waals surface area contributed by atoms with E-state index in [1.165, 1.54) is 15.6 Å². The van der Waals surface area contributed by atoms with Gasteiger partial charge in [0.2, 0.25) is 5.89 Å². The SMILES string of the molecule is CCc1noc(CN(C)C(=O)c2c(C)nn(-c3ccc(F)cc3F)c2C)n1. The normalized spacial score (nSPS) is 11.0. The molecule has 7 nitrogen and oxygen atoms in total. The third-order valence-corrected chi connectivity index (χ3v) is 4.19. The Morgan fingerprint density at radius 3 is 2.67 bits per heavy atom. The third-order valence-electron chi connectivity index (χ3n) is 4.19. The first-order chi connectivity index (χ1) is 12.8. The van der Waals surface area contributed by atoms with Crippen LogP contribution in [-0.2, 0) is 13.0 Å². The largest absolute Gasteiger partial charge is 0.337 e. The standard InChI is InChI=1S/C18H19F2N5O2/c1-5-15-21-16(27-23-15)9-24(4)18(26)17-10(2)22-25(11(17)3)14-7-6-12(19)8-13(14)20/h6-8H,5,9H2,1-4H3. The van der Waals surface area contributed by atoms with Crippen LogP contribution in [0.4, 0.5) is 8.78 Å². The van der Waals surface area contributed by atoms with E-state index in [1.807, 2.05) is 6.92 Å². The first-order valence-corrected chi connectivity index (χ1v) is 8.40. The molecule has 0 fully saturated rings. The van der Waals surface area contributed by atoms with E-state index in [-0.39, 0.29) is 18.1 Å². The van der Waals surface area contributed by atoms with E-state index in [2.05, 4.69) is 15.2 Å². The van der Waals surface area contributed by atoms with E-state index in [4.69, 9.17) is 4.52 Å². The topological polar surface area (TPSA) is 77.0 Å². The number of aryl methyl sites for hydroxylation is 2. The van der Waals surface area contributed by atoms with Crippen LogP contribution in [0.25, 0.3) is 5.69 Å². The summed E-state index contributed by atoms with van der Waals surface area (Å²) in [5, 5.41) is 8.06. The Bertz CT molecular complexity index is 996. The van der Waals surface area contributed by atoms with Gasteiger partial charge in [-0.25, -0.2) is 13.5 Å². The molecule has 0 radical (unpaired) electrons. The number of aromatic nitrogens is 4. The first kappa shape index (κ1) is 18.7. The number of halogens is 2. The highest BCUT2D eigenvalue weighted by molar-refractivity contribution is 5.96. The second kappa shape index (κ2) is 7.26. The van der Waals surface area contributed by atoms with Gasteiger partial charge in [0.05, 0.1) is 23.5 Å². The van der Waals surface area contributed by atoms with Gasteiger partial charge < -0.3 is 9.42 Å². The molecule has 0 aliphatic heterocycles. The fraction of sp³-hybridized carbons (Fsp3) is 0.333. The van der Waals surface area contributed by atoms with Crippen molar-refractivity contribution >= 4 is 5.91 Å². The van der Waals surface area contributed by atoms with E-state index < -0.39 is 11.6 Å². The molecule has 0 aliphatic rings. The average Bonchev–Trinajstić information content (AvgIpc) is 3.18. The van der Waals surface area contributed by atoms with Gasteiger partial charge in [0.1, 0.15) is 11.5 Å². The summed E-state index contributed by atoms with van der Waals surface area (Å²) in [6.45, 7) is 5.36. The lowest BCUT2D eigenvalue weighted by Crippen LogP contribution is -2.27. The van der Waals surface area contributed by atoms with Crippen molar-refractivity contribution < 1.29 is 18.1 Å². The van der Waals surface area contributed by atoms with Crippen molar-refractivity contribution in [1.82, 2.24) is 24.8 Å². The number of benzene rings is 1. The minimum Gasteiger partial charge on any atom is -0.337 e. The monoisotopic (exact) mass is 375 g/mol. The predicted molar refractivity (Wildman–Crippen MR) is 92.4 cm³/mol. The summed E-state index contributed by atoms with van der Waals surface area (Å²) < 4.78 is 33.7. The summed E-state index contributed by atoms with van der Waals surface area (Å²) >= 11 is 0. The quantitative estimate of drug-likeness (QED) is 0.685. The van der Waals surface area contributed by atoms with Crippen LogP contribution in [0.1, 0.15) is 40.4 Å². The molecule has 0 N–H and O–H groups in total. The molecule has 0 aliphatic carbocycles. The van der Waals surface area contributed by atoms with Crippen molar-refractivity contribution in [3.05, 3.63) is 58.5 Å². The summed E-state index contributed by atoms with van der Waals surface area (Å²) in [4.78, 5) is 18.5. The number of rotatable bonds is 5. The zero-order chi connectivity index (χ0) is 19.7. The molecule has 0 bridgehead atoms. The highest BCUT2D eigenvalue weighted by Gasteiger charge is 2.24. The molecule has 0 unspecified atom stereocenters. The second-order valence-corrected chi connectivity index (χ2v) is 6.17. The van der Waals surface area contributed by atoms with Crippen molar-refractivity contribution in [3.63, 3.8) is 0 Å². The molecule has 2 aromatic heterocycles. The van der Waals surface area contributed by atoms with E-state index in [0.717, 1.165) is 12.1 Å². The van der Waals surface area contributed by atoms with E-state index in [0.29, 0.717) is 35.1 Å². The Morgan fingerprint density at radius 2 is 2.04 bits per heavy atom. The molecular weight excluding hydrogens is 356 g/mol. The van der Waals surface area contributed by atoms with Crippen molar-refractivity contribution in [2.45, 2.75) is 33.7 Å². The summed E-state index contributed by atoms with van der Waals surface area (Å²) in [6.07, 6.45) is 0.634. The van der Waals surface area contributed by atoms with Gasteiger partial charge in [-0.1, -0.05) is 12.1 Å². The molecule has 1 aromatic carbocycles. The lowest BCUT2D eigenvalue weighted by Gasteiger charge is -2.15. The zero-order valence-electron chi connectivity index (χ0n) is 15.5. The molecule has 9 heteroatoms. The van der Waals surface area contributed by atoms with E-state index in [1.54, 1.807) is 20.9 Å². The fourth-order valence-electron chi connectivity index (χ4n) is 2.80. The number of hydrogen-bond acceptors (Lipinski definition) is 5. The molecule has 1 amide bonds. The minimum atomic E-state index is -0.758. The molecule has 3 aromatic rings. The van der Waals surface area contributed by atoms with Gasteiger partial charge in [-0.3, -0.25) is 4.79 Å². The number of hydrogen-bond donors (Lipinski definition) is 0. The third kappa shape index (κ3) is 3.57. The summed E-state index contributed by atoms with van der Waals surface area (Å²) in [5.41, 5.74) is 1.31. The number of amides is 1. The van der Waals surface area contributed by atoms with Gasteiger partial charge in [-0.15, -0.1) is 0 Å². The molecule has 2 heterocycles. The van der Waals surface area contributed by atoms with Gasteiger partial charge >= 0.3 is 0 Å². The molecular formula is C18H19F2N5O2. The number of carbonyl (C=O) groups excluding carboxylic acids is 1. The molecule has 0 atom stereocenters. The number of carbonyl (C=O) groups is 1. The molecule has 0 saturated carbocycles. The molecule has 0 saturated heterocycles. The fourth-order valence-corrected chi connectivity index (χ4v) is 2.80. The highest BCUT2D eigenvalue weighted by atomic mass is 19.1. The predicted octanol–water partition coefficient (Wildman–Crippen LogP) is 2.98. The van der Waals surface area contributed by atoms with Crippen molar-refractivity contribution in [1.29, 1.82) is 0 Å². The van der Waals surface area contributed by atoms with Crippen LogP contribution in [0.15, 0.2) is 22.7 Å². The molecule has 3 rings (SSSR count). The molecule has 27 heavy (non-hydrogen) atoms. The Balaban J connectivity index is 1.90. The van der Waals surface area contributed by atoms with Crippen LogP contribution >= 0.6 is 0 Å². The van der Waals surface area contributed by atoms with E-state index in [9.17, 15) is 13.6 Å². The Hall–Kier alpha value is -3.10. The Labute approximate surface area is 154 Å². The Kier molecular flexibility index (Phi) is 5.02. The summed E-state index contributed by atoms with van der Waals surface area (Å²) in [6, 6.07) is 3.20. The van der Waals surface area contributed by atoms with Crippen LogP contribution in [0, 0.1) is 25.5 Å². The van der Waals surface area contributed by atoms with Crippen molar-refractivity contribution in [3.8, 4) is 5.69 Å². The molecule has 0 spiro atoms. The van der Waals surface area contributed by atoms with Crippen molar-refractivity contribution in [2.75, 3.05) is 7.05 Å². The van der Waals surface area contributed by atoms with Crippen LogP contribution < -0.4 is 0 Å². The zero-order valence-corrected chi connectivity index (χ0v) is 15.5. The van der Waals surface area contributed by atoms with Gasteiger partial charge in [-0.05, 0) is 26.0 Å². The number of nitrogens with zero attached hydrogens (tertiary/aromatic N) is 5. The van der Waals surface area contributed by atoms with Crippen LogP contribution in [0.3, 0.4) is 0 Å². The first-order valence-electron chi connectivity index (χ1n) is 8.40. The lowest BCUT2D eigenvalue weighted by atomic mass is 10.1. The Morgan fingerprint density at radius 1 is 1.30 bits per heavy atom. The maximum atomic E-state index is 14.1. The lowest BCUT2D eigenvalue weighted by molar-refractivity contribution is 0.0768. The maximum absolute atomic E-state index is 14.1. The average molecular weight is 375 g/mol. The van der Waals surface area contributed by atoms with Gasteiger partial charge in [0, 0.05) is 19.5 Å². The molecule has 142 valence electrons. The minimum absolute atomic E-state index is 0.0724.